The van der Waals surface area contributed by atoms with Crippen molar-refractivity contribution in [2.75, 3.05) is 26.5 Å². The monoisotopic (exact) mass is 452 g/mol. The molecule has 2 heterocycles. The molecule has 1 aliphatic rings. The van der Waals surface area contributed by atoms with Crippen LogP contribution in [-0.4, -0.2) is 52.1 Å². The molecule has 1 amide bonds. The molecular formula is C24H28N4O3S. The summed E-state index contributed by atoms with van der Waals surface area (Å²) in [5.41, 5.74) is 4.57. The lowest BCUT2D eigenvalue weighted by atomic mass is 9.99. The van der Waals surface area contributed by atoms with Gasteiger partial charge in [0, 0.05) is 18.8 Å². The number of benzene rings is 2. The number of ether oxygens (including phenoxy) is 2. The molecule has 4 rings (SSSR count). The van der Waals surface area contributed by atoms with E-state index in [2.05, 4.69) is 48.3 Å². The highest BCUT2D eigenvalue weighted by Crippen LogP contribution is 2.33. The number of carbonyl (C=O) groups excluding carboxylic acids is 1. The van der Waals surface area contributed by atoms with Crippen molar-refractivity contribution in [2.24, 2.45) is 0 Å². The van der Waals surface area contributed by atoms with Gasteiger partial charge in [0.1, 0.15) is 6.33 Å². The molecule has 0 saturated heterocycles. The second kappa shape index (κ2) is 9.65. The van der Waals surface area contributed by atoms with Crippen molar-refractivity contribution in [2.45, 2.75) is 37.9 Å². The van der Waals surface area contributed by atoms with Crippen LogP contribution >= 0.6 is 11.8 Å². The summed E-state index contributed by atoms with van der Waals surface area (Å²) in [6.45, 7) is 5.60. The summed E-state index contributed by atoms with van der Waals surface area (Å²) in [6.07, 6.45) is 2.48. The van der Waals surface area contributed by atoms with Gasteiger partial charge in [-0.3, -0.25) is 9.36 Å². The van der Waals surface area contributed by atoms with E-state index in [9.17, 15) is 4.79 Å². The standard InChI is InChI=1S/C24H28N4O3S/c1-16(2)17-5-7-20(8-6-17)28-15-25-26-24(28)32-14-23(29)27-10-9-18-11-21(30-3)22(31-4)12-19(18)13-27/h5-8,11-12,15-16H,9-10,13-14H2,1-4H3. The minimum atomic E-state index is 0.0835. The number of hydrogen-bond acceptors (Lipinski definition) is 6. The molecule has 168 valence electrons. The summed E-state index contributed by atoms with van der Waals surface area (Å²) in [4.78, 5) is 14.8. The summed E-state index contributed by atoms with van der Waals surface area (Å²) in [6, 6.07) is 12.3. The fraction of sp³-hybridized carbons (Fsp3) is 0.375. The molecule has 0 atom stereocenters. The molecule has 0 aliphatic carbocycles. The molecule has 0 radical (unpaired) electrons. The Labute approximate surface area is 192 Å². The van der Waals surface area contributed by atoms with Gasteiger partial charge in [-0.1, -0.05) is 37.7 Å². The number of hydrogen-bond donors (Lipinski definition) is 0. The smallest absolute Gasteiger partial charge is 0.233 e. The Kier molecular flexibility index (Phi) is 6.69. The predicted molar refractivity (Wildman–Crippen MR) is 125 cm³/mol. The second-order valence-corrected chi connectivity index (χ2v) is 9.00. The fourth-order valence-electron chi connectivity index (χ4n) is 3.83. The van der Waals surface area contributed by atoms with Crippen molar-refractivity contribution < 1.29 is 14.3 Å². The molecule has 1 aromatic heterocycles. The highest BCUT2D eigenvalue weighted by molar-refractivity contribution is 7.99. The molecule has 0 bridgehead atoms. The summed E-state index contributed by atoms with van der Waals surface area (Å²) < 4.78 is 12.7. The number of nitrogens with zero attached hydrogens (tertiary/aromatic N) is 4. The Hall–Kier alpha value is -3.00. The van der Waals surface area contributed by atoms with Gasteiger partial charge < -0.3 is 14.4 Å². The van der Waals surface area contributed by atoms with Crippen LogP contribution in [-0.2, 0) is 17.8 Å². The van der Waals surface area contributed by atoms with Crippen LogP contribution in [0, 0.1) is 0 Å². The Morgan fingerprint density at radius 2 is 1.78 bits per heavy atom. The van der Waals surface area contributed by atoms with E-state index in [1.54, 1.807) is 20.5 Å². The Bertz CT molecular complexity index is 1100. The third-order valence-electron chi connectivity index (χ3n) is 5.75. The Morgan fingerprint density at radius 1 is 1.09 bits per heavy atom. The van der Waals surface area contributed by atoms with Gasteiger partial charge in [-0.15, -0.1) is 10.2 Å². The van der Waals surface area contributed by atoms with Gasteiger partial charge in [0.15, 0.2) is 16.7 Å². The molecular weight excluding hydrogens is 424 g/mol. The van der Waals surface area contributed by atoms with E-state index in [4.69, 9.17) is 9.47 Å². The van der Waals surface area contributed by atoms with Crippen molar-refractivity contribution in [1.82, 2.24) is 19.7 Å². The van der Waals surface area contributed by atoms with Gasteiger partial charge in [0.25, 0.3) is 0 Å². The van der Waals surface area contributed by atoms with E-state index in [0.29, 0.717) is 35.7 Å². The molecule has 8 heteroatoms. The number of carbonyl (C=O) groups is 1. The number of aromatic nitrogens is 3. The lowest BCUT2D eigenvalue weighted by Crippen LogP contribution is -2.37. The molecule has 1 aliphatic heterocycles. The first kappa shape index (κ1) is 22.2. The van der Waals surface area contributed by atoms with Gasteiger partial charge in [0.05, 0.1) is 20.0 Å². The molecule has 2 aromatic carbocycles. The van der Waals surface area contributed by atoms with Crippen LogP contribution in [0.5, 0.6) is 11.5 Å². The van der Waals surface area contributed by atoms with Crippen LogP contribution in [0.25, 0.3) is 5.69 Å². The molecule has 0 fully saturated rings. The second-order valence-electron chi connectivity index (χ2n) is 8.06. The lowest BCUT2D eigenvalue weighted by molar-refractivity contribution is -0.129. The van der Waals surface area contributed by atoms with E-state index < -0.39 is 0 Å². The van der Waals surface area contributed by atoms with Gasteiger partial charge in [-0.2, -0.15) is 0 Å². The minimum Gasteiger partial charge on any atom is -0.493 e. The number of fused-ring (bicyclic) bond motifs is 1. The zero-order chi connectivity index (χ0) is 22.7. The van der Waals surface area contributed by atoms with Crippen LogP contribution < -0.4 is 9.47 Å². The Morgan fingerprint density at radius 3 is 2.44 bits per heavy atom. The Balaban J connectivity index is 1.42. The fourth-order valence-corrected chi connectivity index (χ4v) is 4.67. The third kappa shape index (κ3) is 4.60. The molecule has 3 aromatic rings. The quantitative estimate of drug-likeness (QED) is 0.503. The zero-order valence-corrected chi connectivity index (χ0v) is 19.7. The third-order valence-corrected chi connectivity index (χ3v) is 6.68. The van der Waals surface area contributed by atoms with Crippen LogP contribution in [0.3, 0.4) is 0 Å². The van der Waals surface area contributed by atoms with Crippen LogP contribution in [0.4, 0.5) is 0 Å². The number of thioether (sulfide) groups is 1. The van der Waals surface area contributed by atoms with E-state index in [0.717, 1.165) is 23.4 Å². The molecule has 0 unspecified atom stereocenters. The molecule has 0 saturated carbocycles. The largest absolute Gasteiger partial charge is 0.493 e. The number of methoxy groups -OCH3 is 2. The summed E-state index contributed by atoms with van der Waals surface area (Å²) in [7, 11) is 3.26. The SMILES string of the molecule is COc1cc2c(cc1OC)CN(C(=O)CSc1nncn1-c1ccc(C(C)C)cc1)CC2. The maximum Gasteiger partial charge on any atom is 0.233 e. The van der Waals surface area contributed by atoms with Gasteiger partial charge in [-0.25, -0.2) is 0 Å². The van der Waals surface area contributed by atoms with E-state index in [1.807, 2.05) is 21.6 Å². The van der Waals surface area contributed by atoms with Crippen LogP contribution in [0.1, 0.15) is 36.5 Å². The van der Waals surface area contributed by atoms with Crippen molar-refractivity contribution >= 4 is 17.7 Å². The van der Waals surface area contributed by atoms with Crippen molar-refractivity contribution in [3.63, 3.8) is 0 Å². The summed E-state index contributed by atoms with van der Waals surface area (Å²) >= 11 is 1.41. The first-order valence-corrected chi connectivity index (χ1v) is 11.6. The van der Waals surface area contributed by atoms with Gasteiger partial charge in [0.2, 0.25) is 5.91 Å². The summed E-state index contributed by atoms with van der Waals surface area (Å²) in [5, 5.41) is 8.98. The number of rotatable bonds is 7. The van der Waals surface area contributed by atoms with E-state index in [-0.39, 0.29) is 5.91 Å². The summed E-state index contributed by atoms with van der Waals surface area (Å²) in [5.74, 6) is 2.28. The first-order valence-electron chi connectivity index (χ1n) is 10.6. The van der Waals surface area contributed by atoms with Crippen molar-refractivity contribution in [3.05, 3.63) is 59.4 Å². The molecule has 7 nitrogen and oxygen atoms in total. The van der Waals surface area contributed by atoms with Gasteiger partial charge in [-0.05, 0) is 53.3 Å². The minimum absolute atomic E-state index is 0.0835. The average Bonchev–Trinajstić information content (AvgIpc) is 3.29. The number of amides is 1. The van der Waals surface area contributed by atoms with E-state index >= 15 is 0 Å². The normalized spacial score (nSPS) is 13.2. The topological polar surface area (TPSA) is 69.5 Å². The predicted octanol–water partition coefficient (Wildman–Crippen LogP) is 4.08. The van der Waals surface area contributed by atoms with Crippen molar-refractivity contribution in [3.8, 4) is 17.2 Å². The maximum absolute atomic E-state index is 12.9. The molecule has 0 spiro atoms. The van der Waals surface area contributed by atoms with E-state index in [1.165, 1.54) is 22.9 Å². The van der Waals surface area contributed by atoms with Crippen LogP contribution in [0.2, 0.25) is 0 Å². The van der Waals surface area contributed by atoms with Crippen molar-refractivity contribution in [1.29, 1.82) is 0 Å². The highest BCUT2D eigenvalue weighted by atomic mass is 32.2. The molecule has 0 N–H and O–H groups in total. The zero-order valence-electron chi connectivity index (χ0n) is 18.9. The molecule has 32 heavy (non-hydrogen) atoms. The van der Waals surface area contributed by atoms with Gasteiger partial charge >= 0.3 is 0 Å². The van der Waals surface area contributed by atoms with Crippen LogP contribution in [0.15, 0.2) is 47.9 Å². The maximum atomic E-state index is 12.9. The lowest BCUT2D eigenvalue weighted by Gasteiger charge is -2.29. The average molecular weight is 453 g/mol. The first-order chi connectivity index (χ1) is 15.5. The highest BCUT2D eigenvalue weighted by Gasteiger charge is 2.23.